The van der Waals surface area contributed by atoms with E-state index in [1.807, 2.05) is 0 Å². The summed E-state index contributed by atoms with van der Waals surface area (Å²) in [7, 11) is -3.37. The maximum Gasteiger partial charge on any atom is 0.393 e. The van der Waals surface area contributed by atoms with E-state index in [2.05, 4.69) is 0 Å². The molecule has 1 aromatic rings. The fourth-order valence-electron chi connectivity index (χ4n) is 2.46. The van der Waals surface area contributed by atoms with Gasteiger partial charge in [-0.05, 0) is 37.1 Å². The number of carbonyl (C=O) groups is 1. The van der Waals surface area contributed by atoms with E-state index in [1.165, 1.54) is 29.2 Å². The van der Waals surface area contributed by atoms with Crippen LogP contribution in [0.2, 0.25) is 0 Å². The number of likely N-dealkylation sites (tertiary alicyclic amines) is 1. The number of hydrogen-bond donors (Lipinski definition) is 0. The summed E-state index contributed by atoms with van der Waals surface area (Å²) in [5, 5.41) is 0. The van der Waals surface area contributed by atoms with E-state index in [4.69, 9.17) is 0 Å². The van der Waals surface area contributed by atoms with Gasteiger partial charge >= 0.3 is 6.18 Å². The molecule has 0 N–H and O–H groups in total. The SMILES string of the molecule is CS(=O)(=O)c1ccc(C(=O)N2CCCC(C(F)(F)F)C2)cc1. The van der Waals surface area contributed by atoms with Gasteiger partial charge in [0.15, 0.2) is 9.84 Å². The first-order valence-electron chi connectivity index (χ1n) is 6.75. The van der Waals surface area contributed by atoms with Crippen molar-refractivity contribution in [3.05, 3.63) is 29.8 Å². The molecule has 0 spiro atoms. The molecule has 1 aliphatic heterocycles. The number of amides is 1. The fraction of sp³-hybridized carbons (Fsp3) is 0.500. The highest BCUT2D eigenvalue weighted by Crippen LogP contribution is 2.33. The average molecular weight is 335 g/mol. The van der Waals surface area contributed by atoms with Crippen LogP contribution in [-0.4, -0.2) is 44.7 Å². The van der Waals surface area contributed by atoms with Crippen LogP contribution in [0.1, 0.15) is 23.2 Å². The van der Waals surface area contributed by atoms with Crippen molar-refractivity contribution in [2.75, 3.05) is 19.3 Å². The molecule has 1 aliphatic rings. The molecule has 1 fully saturated rings. The van der Waals surface area contributed by atoms with Crippen LogP contribution in [0.4, 0.5) is 13.2 Å². The highest BCUT2D eigenvalue weighted by molar-refractivity contribution is 7.90. The summed E-state index contributed by atoms with van der Waals surface area (Å²) < 4.78 is 61.0. The summed E-state index contributed by atoms with van der Waals surface area (Å²) in [6.45, 7) is -0.0740. The van der Waals surface area contributed by atoms with Gasteiger partial charge in [0.1, 0.15) is 0 Å². The van der Waals surface area contributed by atoms with Gasteiger partial charge in [-0.15, -0.1) is 0 Å². The molecule has 1 unspecified atom stereocenters. The van der Waals surface area contributed by atoms with E-state index in [9.17, 15) is 26.4 Å². The topological polar surface area (TPSA) is 54.5 Å². The lowest BCUT2D eigenvalue weighted by Crippen LogP contribution is -2.44. The second kappa shape index (κ2) is 5.91. The van der Waals surface area contributed by atoms with E-state index in [1.54, 1.807) is 0 Å². The molecular formula is C14H16F3NO3S. The molecular weight excluding hydrogens is 319 g/mol. The second-order valence-electron chi connectivity index (χ2n) is 5.43. The number of alkyl halides is 3. The van der Waals surface area contributed by atoms with E-state index in [0.29, 0.717) is 6.42 Å². The van der Waals surface area contributed by atoms with E-state index in [0.717, 1.165) is 6.26 Å². The van der Waals surface area contributed by atoms with Gasteiger partial charge in [-0.1, -0.05) is 0 Å². The Morgan fingerprint density at radius 3 is 2.32 bits per heavy atom. The van der Waals surface area contributed by atoms with Gasteiger partial charge in [0.05, 0.1) is 10.8 Å². The van der Waals surface area contributed by atoms with Gasteiger partial charge < -0.3 is 4.90 Å². The Balaban J connectivity index is 2.14. The minimum absolute atomic E-state index is 0.0281. The predicted octanol–water partition coefficient (Wildman–Crippen LogP) is 2.50. The standard InChI is InChI=1S/C14H16F3NO3S/c1-22(20,21)12-6-4-10(5-7-12)13(19)18-8-2-3-11(9-18)14(15,16)17/h4-7,11H,2-3,8-9H2,1H3. The van der Waals surface area contributed by atoms with Crippen LogP contribution in [0.5, 0.6) is 0 Å². The first-order valence-corrected chi connectivity index (χ1v) is 8.64. The summed E-state index contributed by atoms with van der Waals surface area (Å²) >= 11 is 0. The smallest absolute Gasteiger partial charge is 0.338 e. The van der Waals surface area contributed by atoms with Gasteiger partial charge in [0.25, 0.3) is 5.91 Å². The highest BCUT2D eigenvalue weighted by Gasteiger charge is 2.42. The van der Waals surface area contributed by atoms with Crippen LogP contribution in [0.3, 0.4) is 0 Å². The molecule has 0 bridgehead atoms. The van der Waals surface area contributed by atoms with Crippen molar-refractivity contribution in [1.82, 2.24) is 4.90 Å². The summed E-state index contributed by atoms with van der Waals surface area (Å²) in [4.78, 5) is 13.5. The summed E-state index contributed by atoms with van der Waals surface area (Å²) in [6.07, 6.45) is -2.93. The van der Waals surface area contributed by atoms with Gasteiger partial charge in [0.2, 0.25) is 0 Å². The number of halogens is 3. The number of nitrogens with zero attached hydrogens (tertiary/aromatic N) is 1. The first-order chi connectivity index (χ1) is 10.1. The third-order valence-electron chi connectivity index (χ3n) is 3.70. The lowest BCUT2D eigenvalue weighted by atomic mass is 9.97. The Labute approximate surface area is 126 Å². The molecule has 4 nitrogen and oxygen atoms in total. The molecule has 0 aliphatic carbocycles. The molecule has 0 aromatic heterocycles. The van der Waals surface area contributed by atoms with Crippen LogP contribution < -0.4 is 0 Å². The number of carbonyl (C=O) groups excluding carboxylic acids is 1. The Morgan fingerprint density at radius 2 is 1.82 bits per heavy atom. The van der Waals surface area contributed by atoms with E-state index in [-0.39, 0.29) is 30.0 Å². The van der Waals surface area contributed by atoms with Crippen LogP contribution >= 0.6 is 0 Å². The molecule has 2 rings (SSSR count). The van der Waals surface area contributed by atoms with Gasteiger partial charge in [-0.2, -0.15) is 13.2 Å². The summed E-state index contributed by atoms with van der Waals surface area (Å²) in [5.74, 6) is -2.01. The molecule has 1 atom stereocenters. The monoisotopic (exact) mass is 335 g/mol. The Kier molecular flexibility index (Phi) is 4.51. The first kappa shape index (κ1) is 16.8. The Hall–Kier alpha value is -1.57. The highest BCUT2D eigenvalue weighted by atomic mass is 32.2. The maximum atomic E-state index is 12.8. The number of hydrogen-bond acceptors (Lipinski definition) is 3. The van der Waals surface area contributed by atoms with Crippen LogP contribution in [0.25, 0.3) is 0 Å². The third-order valence-corrected chi connectivity index (χ3v) is 4.83. The van der Waals surface area contributed by atoms with Gasteiger partial charge in [-0.25, -0.2) is 8.42 Å². The van der Waals surface area contributed by atoms with Crippen molar-refractivity contribution in [2.45, 2.75) is 23.9 Å². The Bertz CT molecular complexity index is 653. The van der Waals surface area contributed by atoms with Crippen molar-refractivity contribution < 1.29 is 26.4 Å². The molecule has 0 saturated carbocycles. The minimum Gasteiger partial charge on any atom is -0.338 e. The predicted molar refractivity (Wildman–Crippen MR) is 74.2 cm³/mol. The number of rotatable bonds is 2. The van der Waals surface area contributed by atoms with Gasteiger partial charge in [0, 0.05) is 24.9 Å². The zero-order chi connectivity index (χ0) is 16.5. The number of sulfone groups is 1. The van der Waals surface area contributed by atoms with Crippen LogP contribution in [0, 0.1) is 5.92 Å². The normalized spacial score (nSPS) is 20.0. The molecule has 1 saturated heterocycles. The molecule has 1 aromatic carbocycles. The second-order valence-corrected chi connectivity index (χ2v) is 7.44. The maximum absolute atomic E-state index is 12.8. The molecule has 22 heavy (non-hydrogen) atoms. The molecule has 1 amide bonds. The lowest BCUT2D eigenvalue weighted by Gasteiger charge is -2.33. The molecule has 122 valence electrons. The van der Waals surface area contributed by atoms with Crippen LogP contribution in [-0.2, 0) is 9.84 Å². The molecule has 8 heteroatoms. The van der Waals surface area contributed by atoms with Crippen LogP contribution in [0.15, 0.2) is 29.2 Å². The van der Waals surface area contributed by atoms with Crippen molar-refractivity contribution in [3.63, 3.8) is 0 Å². The average Bonchev–Trinajstić information content (AvgIpc) is 2.45. The summed E-state index contributed by atoms with van der Waals surface area (Å²) in [6, 6.07) is 5.23. The number of piperidine rings is 1. The lowest BCUT2D eigenvalue weighted by molar-refractivity contribution is -0.184. The van der Waals surface area contributed by atoms with Crippen molar-refractivity contribution in [3.8, 4) is 0 Å². The molecule has 0 radical (unpaired) electrons. The minimum atomic E-state index is -4.31. The van der Waals surface area contributed by atoms with Gasteiger partial charge in [-0.3, -0.25) is 4.79 Å². The quantitative estimate of drug-likeness (QED) is 0.834. The third kappa shape index (κ3) is 3.79. The Morgan fingerprint density at radius 1 is 1.23 bits per heavy atom. The van der Waals surface area contributed by atoms with Crippen molar-refractivity contribution in [2.24, 2.45) is 5.92 Å². The van der Waals surface area contributed by atoms with Crippen molar-refractivity contribution in [1.29, 1.82) is 0 Å². The number of benzene rings is 1. The molecule has 1 heterocycles. The summed E-state index contributed by atoms with van der Waals surface area (Å²) in [5.41, 5.74) is 0.190. The van der Waals surface area contributed by atoms with Crippen molar-refractivity contribution >= 4 is 15.7 Å². The zero-order valence-electron chi connectivity index (χ0n) is 11.9. The fourth-order valence-corrected chi connectivity index (χ4v) is 3.09. The largest absolute Gasteiger partial charge is 0.393 e. The zero-order valence-corrected chi connectivity index (χ0v) is 12.7. The van der Waals surface area contributed by atoms with E-state index < -0.39 is 27.8 Å². The van der Waals surface area contributed by atoms with E-state index >= 15 is 0 Å².